The Morgan fingerprint density at radius 3 is 2.50 bits per heavy atom. The molecule has 0 fully saturated rings. The minimum absolute atomic E-state index is 0.00154. The van der Waals surface area contributed by atoms with Gasteiger partial charge in [0.15, 0.2) is 5.69 Å². The van der Waals surface area contributed by atoms with Crippen LogP contribution in [0.1, 0.15) is 27.2 Å². The number of nitrogens with zero attached hydrogens (tertiary/aromatic N) is 6. The first kappa shape index (κ1) is 24.3. The maximum Gasteiger partial charge on any atom is 0.294 e. The van der Waals surface area contributed by atoms with Crippen LogP contribution in [0, 0.1) is 12.7 Å². The number of nitrogen functional groups attached to an aromatic ring is 1. The molecule has 5 rings (SSSR count). The van der Waals surface area contributed by atoms with Crippen LogP contribution in [0.2, 0.25) is 0 Å². The fourth-order valence-electron chi connectivity index (χ4n) is 3.51. The summed E-state index contributed by atoms with van der Waals surface area (Å²) in [7, 11) is 0. The molecule has 3 N–H and O–H groups in total. The third kappa shape index (κ3) is 5.38. The van der Waals surface area contributed by atoms with Crippen molar-refractivity contribution < 1.29 is 18.6 Å². The molecular weight excluding hydrogens is 491 g/mol. The molecule has 190 valence electrons. The van der Waals surface area contributed by atoms with Crippen LogP contribution in [-0.2, 0) is 6.61 Å². The Morgan fingerprint density at radius 2 is 1.82 bits per heavy atom. The van der Waals surface area contributed by atoms with Gasteiger partial charge < -0.3 is 10.5 Å². The lowest BCUT2D eigenvalue weighted by atomic mass is 10.1. The molecule has 0 atom stereocenters. The van der Waals surface area contributed by atoms with Crippen molar-refractivity contribution in [2.45, 2.75) is 13.5 Å². The van der Waals surface area contributed by atoms with E-state index in [-0.39, 0.29) is 23.1 Å². The highest BCUT2D eigenvalue weighted by molar-refractivity contribution is 5.98. The fourth-order valence-corrected chi connectivity index (χ4v) is 3.51. The smallest absolute Gasteiger partial charge is 0.294 e. The summed E-state index contributed by atoms with van der Waals surface area (Å²) in [5.41, 5.74) is 11.9. The molecular formula is C26H21FN8O3. The normalized spacial score (nSPS) is 11.1. The van der Waals surface area contributed by atoms with E-state index in [1.807, 2.05) is 31.2 Å². The molecule has 0 aliphatic heterocycles. The van der Waals surface area contributed by atoms with Crippen LogP contribution < -0.4 is 15.9 Å². The van der Waals surface area contributed by atoms with E-state index in [2.05, 4.69) is 35.8 Å². The Balaban J connectivity index is 1.28. The van der Waals surface area contributed by atoms with E-state index in [1.54, 1.807) is 36.4 Å². The summed E-state index contributed by atoms with van der Waals surface area (Å²) in [4.78, 5) is 13.0. The SMILES string of the molecule is Cc1ccc(-c2c(C(=O)N/N=C/c3ccc(OCc4ccc(F)cc4)cc3)nnn2-c2nonc2N)cc1. The Labute approximate surface area is 215 Å². The van der Waals surface area contributed by atoms with E-state index < -0.39 is 5.91 Å². The molecule has 5 aromatic rings. The highest BCUT2D eigenvalue weighted by atomic mass is 19.1. The minimum atomic E-state index is -0.586. The van der Waals surface area contributed by atoms with E-state index >= 15 is 0 Å². The lowest BCUT2D eigenvalue weighted by Crippen LogP contribution is -2.19. The molecule has 2 aromatic heterocycles. The van der Waals surface area contributed by atoms with Gasteiger partial charge in [-0.3, -0.25) is 4.79 Å². The van der Waals surface area contributed by atoms with Crippen LogP contribution in [0.5, 0.6) is 5.75 Å². The summed E-state index contributed by atoms with van der Waals surface area (Å²) < 4.78 is 24.7. The number of aromatic nitrogens is 5. The van der Waals surface area contributed by atoms with Crippen molar-refractivity contribution in [2.24, 2.45) is 5.10 Å². The molecule has 0 radical (unpaired) electrons. The van der Waals surface area contributed by atoms with Crippen LogP contribution >= 0.6 is 0 Å². The van der Waals surface area contributed by atoms with Crippen molar-refractivity contribution in [3.63, 3.8) is 0 Å². The summed E-state index contributed by atoms with van der Waals surface area (Å²) in [5.74, 6) is -0.137. The quantitative estimate of drug-likeness (QED) is 0.236. The second kappa shape index (κ2) is 10.7. The summed E-state index contributed by atoms with van der Waals surface area (Å²) in [5, 5.41) is 19.4. The largest absolute Gasteiger partial charge is 0.489 e. The first-order valence-electron chi connectivity index (χ1n) is 11.4. The number of ether oxygens (including phenoxy) is 1. The number of nitrogens with one attached hydrogen (secondary N) is 1. The number of carbonyl (C=O) groups is 1. The van der Waals surface area contributed by atoms with Crippen molar-refractivity contribution >= 4 is 17.9 Å². The fraction of sp³-hybridized carbons (Fsp3) is 0.0769. The van der Waals surface area contributed by atoms with E-state index in [9.17, 15) is 9.18 Å². The molecule has 11 nitrogen and oxygen atoms in total. The van der Waals surface area contributed by atoms with Crippen LogP contribution in [0.4, 0.5) is 10.2 Å². The number of carbonyl (C=O) groups excluding carboxylic acids is 1. The van der Waals surface area contributed by atoms with Gasteiger partial charge in [0, 0.05) is 5.56 Å². The van der Waals surface area contributed by atoms with Crippen molar-refractivity contribution in [2.75, 3.05) is 5.73 Å². The maximum atomic E-state index is 13.0. The molecule has 0 unspecified atom stereocenters. The molecule has 12 heteroatoms. The van der Waals surface area contributed by atoms with Gasteiger partial charge in [-0.15, -0.1) is 5.10 Å². The van der Waals surface area contributed by atoms with Gasteiger partial charge in [-0.25, -0.2) is 14.4 Å². The first-order chi connectivity index (χ1) is 18.5. The Bertz CT molecular complexity index is 1580. The van der Waals surface area contributed by atoms with Gasteiger partial charge in [-0.05, 0) is 64.8 Å². The summed E-state index contributed by atoms with van der Waals surface area (Å²) in [6.45, 7) is 2.26. The zero-order valence-corrected chi connectivity index (χ0v) is 20.1. The van der Waals surface area contributed by atoms with Gasteiger partial charge in [-0.1, -0.05) is 47.2 Å². The number of amides is 1. The summed E-state index contributed by atoms with van der Waals surface area (Å²) in [6, 6.07) is 20.6. The zero-order chi connectivity index (χ0) is 26.5. The predicted octanol–water partition coefficient (Wildman–Crippen LogP) is 3.69. The average Bonchev–Trinajstić information content (AvgIpc) is 3.55. The Hall–Kier alpha value is -5.39. The Kier molecular flexibility index (Phi) is 6.85. The number of anilines is 1. The van der Waals surface area contributed by atoms with Crippen LogP contribution in [0.3, 0.4) is 0 Å². The first-order valence-corrected chi connectivity index (χ1v) is 11.4. The van der Waals surface area contributed by atoms with E-state index in [0.717, 1.165) is 16.7 Å². The molecule has 2 heterocycles. The molecule has 0 aliphatic rings. The molecule has 38 heavy (non-hydrogen) atoms. The van der Waals surface area contributed by atoms with Crippen molar-refractivity contribution in [3.8, 4) is 22.8 Å². The van der Waals surface area contributed by atoms with E-state index in [1.165, 1.54) is 23.0 Å². The Morgan fingerprint density at radius 1 is 1.08 bits per heavy atom. The van der Waals surface area contributed by atoms with E-state index in [0.29, 0.717) is 23.6 Å². The molecule has 0 saturated heterocycles. The summed E-state index contributed by atoms with van der Waals surface area (Å²) >= 11 is 0. The minimum Gasteiger partial charge on any atom is -0.489 e. The van der Waals surface area contributed by atoms with Crippen molar-refractivity contribution in [1.82, 2.24) is 30.7 Å². The van der Waals surface area contributed by atoms with Gasteiger partial charge in [0.05, 0.1) is 6.21 Å². The van der Waals surface area contributed by atoms with Gasteiger partial charge in [0.2, 0.25) is 11.6 Å². The van der Waals surface area contributed by atoms with Crippen LogP contribution in [0.15, 0.2) is 82.5 Å². The lowest BCUT2D eigenvalue weighted by molar-refractivity contribution is 0.0950. The highest BCUT2D eigenvalue weighted by Crippen LogP contribution is 2.26. The predicted molar refractivity (Wildman–Crippen MR) is 136 cm³/mol. The number of rotatable bonds is 8. The third-order valence-electron chi connectivity index (χ3n) is 5.49. The number of hydrogen-bond donors (Lipinski definition) is 2. The van der Waals surface area contributed by atoms with Gasteiger partial charge in [0.1, 0.15) is 23.9 Å². The number of benzene rings is 3. The van der Waals surface area contributed by atoms with Gasteiger partial charge in [-0.2, -0.15) is 9.78 Å². The van der Waals surface area contributed by atoms with Gasteiger partial charge in [0.25, 0.3) is 5.91 Å². The molecule has 0 saturated carbocycles. The highest BCUT2D eigenvalue weighted by Gasteiger charge is 2.25. The second-order valence-electron chi connectivity index (χ2n) is 8.22. The van der Waals surface area contributed by atoms with Crippen LogP contribution in [0.25, 0.3) is 17.1 Å². The van der Waals surface area contributed by atoms with Gasteiger partial charge >= 0.3 is 0 Å². The number of halogens is 1. The standard InChI is InChI=1S/C26H21FN8O3/c1-16-2-8-19(9-3-16)23-22(30-34-35(23)25-24(28)32-38-33-25)26(36)31-29-14-17-6-12-21(13-7-17)37-15-18-4-10-20(27)11-5-18/h2-14H,15H2,1H3,(H2,28,32)(H,31,36)/b29-14+. The maximum absolute atomic E-state index is 13.0. The van der Waals surface area contributed by atoms with Crippen LogP contribution in [-0.4, -0.2) is 37.4 Å². The number of hydrogen-bond acceptors (Lipinski definition) is 9. The third-order valence-corrected chi connectivity index (χ3v) is 5.49. The lowest BCUT2D eigenvalue weighted by Gasteiger charge is -2.07. The molecule has 0 spiro atoms. The second-order valence-corrected chi connectivity index (χ2v) is 8.22. The molecule has 3 aromatic carbocycles. The molecule has 0 bridgehead atoms. The monoisotopic (exact) mass is 512 g/mol. The summed E-state index contributed by atoms with van der Waals surface area (Å²) in [6.07, 6.45) is 1.48. The molecule has 1 amide bonds. The van der Waals surface area contributed by atoms with E-state index in [4.69, 9.17) is 10.5 Å². The number of nitrogens with two attached hydrogens (primary N) is 1. The number of aryl methyl sites for hydroxylation is 1. The molecule has 0 aliphatic carbocycles. The zero-order valence-electron chi connectivity index (χ0n) is 20.1. The number of hydrazone groups is 1. The average molecular weight is 513 g/mol. The van der Waals surface area contributed by atoms with Crippen molar-refractivity contribution in [1.29, 1.82) is 0 Å². The van der Waals surface area contributed by atoms with Crippen molar-refractivity contribution in [3.05, 3.63) is 101 Å². The topological polar surface area (TPSA) is 146 Å².